The molecule has 3 heteroatoms. The molecule has 0 saturated carbocycles. The van der Waals surface area contributed by atoms with Gasteiger partial charge in [0, 0.05) is 17.8 Å². The van der Waals surface area contributed by atoms with Crippen LogP contribution in [0.2, 0.25) is 0 Å². The maximum Gasteiger partial charge on any atom is 0.0709 e. The van der Waals surface area contributed by atoms with Crippen molar-refractivity contribution in [1.29, 1.82) is 0 Å². The van der Waals surface area contributed by atoms with E-state index in [0.29, 0.717) is 6.04 Å². The van der Waals surface area contributed by atoms with Gasteiger partial charge in [-0.2, -0.15) is 5.10 Å². The Morgan fingerprint density at radius 3 is 2.89 bits per heavy atom. The third-order valence-corrected chi connectivity index (χ3v) is 3.70. The van der Waals surface area contributed by atoms with Crippen molar-refractivity contribution in [3.63, 3.8) is 0 Å². The average molecular weight is 259 g/mol. The second kappa shape index (κ2) is 6.71. The molecule has 0 spiro atoms. The monoisotopic (exact) mass is 259 g/mol. The first kappa shape index (κ1) is 14.1. The standard InChI is InChI=1S/C16H25N3/c1-4-8-13(3)11-15(17-5-2)14-12-18-19-10-7-6-9-16(14)19/h6-7,9-10,12-13,15,17H,4-5,8,11H2,1-3H3. The highest BCUT2D eigenvalue weighted by atomic mass is 15.2. The molecule has 0 aliphatic heterocycles. The molecule has 0 bridgehead atoms. The van der Waals surface area contributed by atoms with Gasteiger partial charge >= 0.3 is 0 Å². The summed E-state index contributed by atoms with van der Waals surface area (Å²) in [4.78, 5) is 0. The van der Waals surface area contributed by atoms with E-state index in [1.54, 1.807) is 0 Å². The number of rotatable bonds is 7. The SMILES string of the molecule is CCCC(C)CC(NCC)c1cnn2ccccc12. The predicted octanol–water partition coefficient (Wildman–Crippen LogP) is 3.81. The summed E-state index contributed by atoms with van der Waals surface area (Å²) in [7, 11) is 0. The van der Waals surface area contributed by atoms with Gasteiger partial charge in [-0.05, 0) is 31.0 Å². The Labute approximate surface area is 116 Å². The molecule has 0 saturated heterocycles. The molecule has 0 aliphatic rings. The zero-order chi connectivity index (χ0) is 13.7. The molecule has 3 nitrogen and oxygen atoms in total. The van der Waals surface area contributed by atoms with Gasteiger partial charge in [0.2, 0.25) is 0 Å². The number of nitrogens with one attached hydrogen (secondary N) is 1. The van der Waals surface area contributed by atoms with E-state index in [9.17, 15) is 0 Å². The summed E-state index contributed by atoms with van der Waals surface area (Å²) >= 11 is 0. The molecule has 1 N–H and O–H groups in total. The fourth-order valence-corrected chi connectivity index (χ4v) is 2.80. The van der Waals surface area contributed by atoms with Crippen molar-refractivity contribution < 1.29 is 0 Å². The second-order valence-corrected chi connectivity index (χ2v) is 5.37. The van der Waals surface area contributed by atoms with E-state index in [-0.39, 0.29) is 0 Å². The Bertz CT molecular complexity index is 503. The maximum absolute atomic E-state index is 4.45. The molecular formula is C16H25N3. The molecule has 2 aromatic rings. The van der Waals surface area contributed by atoms with Crippen molar-refractivity contribution in [2.24, 2.45) is 5.92 Å². The Morgan fingerprint density at radius 1 is 1.32 bits per heavy atom. The van der Waals surface area contributed by atoms with Gasteiger partial charge in [0.25, 0.3) is 0 Å². The van der Waals surface area contributed by atoms with Gasteiger partial charge in [0.05, 0.1) is 11.7 Å². The molecule has 2 rings (SSSR count). The van der Waals surface area contributed by atoms with Crippen LogP contribution in [0.15, 0.2) is 30.6 Å². The number of aromatic nitrogens is 2. The fraction of sp³-hybridized carbons (Fsp3) is 0.562. The Balaban J connectivity index is 2.22. The third kappa shape index (κ3) is 3.35. The van der Waals surface area contributed by atoms with Crippen LogP contribution in [-0.2, 0) is 0 Å². The zero-order valence-corrected chi connectivity index (χ0v) is 12.3. The molecule has 2 aromatic heterocycles. The summed E-state index contributed by atoms with van der Waals surface area (Å²) in [6.07, 6.45) is 7.76. The van der Waals surface area contributed by atoms with Crippen molar-refractivity contribution in [1.82, 2.24) is 14.9 Å². The lowest BCUT2D eigenvalue weighted by Crippen LogP contribution is -2.22. The lowest BCUT2D eigenvalue weighted by Gasteiger charge is -2.21. The van der Waals surface area contributed by atoms with E-state index < -0.39 is 0 Å². The van der Waals surface area contributed by atoms with Crippen LogP contribution in [0.4, 0.5) is 0 Å². The average Bonchev–Trinajstić information content (AvgIpc) is 2.82. The smallest absolute Gasteiger partial charge is 0.0709 e. The van der Waals surface area contributed by atoms with Crippen LogP contribution in [0.5, 0.6) is 0 Å². The van der Waals surface area contributed by atoms with Crippen molar-refractivity contribution >= 4 is 5.52 Å². The van der Waals surface area contributed by atoms with E-state index in [4.69, 9.17) is 0 Å². The Hall–Kier alpha value is -1.35. The van der Waals surface area contributed by atoms with Gasteiger partial charge in [-0.25, -0.2) is 4.52 Å². The van der Waals surface area contributed by atoms with Crippen LogP contribution in [0.3, 0.4) is 0 Å². The molecular weight excluding hydrogens is 234 g/mol. The van der Waals surface area contributed by atoms with Gasteiger partial charge in [0.1, 0.15) is 0 Å². The topological polar surface area (TPSA) is 29.3 Å². The number of hydrogen-bond donors (Lipinski definition) is 1. The highest BCUT2D eigenvalue weighted by molar-refractivity contribution is 5.54. The summed E-state index contributed by atoms with van der Waals surface area (Å²) in [6, 6.07) is 6.66. The van der Waals surface area contributed by atoms with Crippen LogP contribution in [-0.4, -0.2) is 16.2 Å². The van der Waals surface area contributed by atoms with E-state index in [2.05, 4.69) is 43.3 Å². The summed E-state index contributed by atoms with van der Waals surface area (Å²) in [6.45, 7) is 7.77. The summed E-state index contributed by atoms with van der Waals surface area (Å²) in [5, 5.41) is 8.06. The molecule has 0 aromatic carbocycles. The van der Waals surface area contributed by atoms with Gasteiger partial charge in [-0.15, -0.1) is 0 Å². The molecule has 0 aliphatic carbocycles. The third-order valence-electron chi connectivity index (χ3n) is 3.70. The number of fused-ring (bicyclic) bond motifs is 1. The van der Waals surface area contributed by atoms with Crippen molar-refractivity contribution in [2.75, 3.05) is 6.54 Å². The lowest BCUT2D eigenvalue weighted by atomic mass is 9.93. The van der Waals surface area contributed by atoms with Crippen LogP contribution in [0.25, 0.3) is 5.52 Å². The fourth-order valence-electron chi connectivity index (χ4n) is 2.80. The minimum absolute atomic E-state index is 0.409. The second-order valence-electron chi connectivity index (χ2n) is 5.37. The number of pyridine rings is 1. The van der Waals surface area contributed by atoms with E-state index in [1.807, 2.05) is 23.0 Å². The van der Waals surface area contributed by atoms with Crippen LogP contribution >= 0.6 is 0 Å². The lowest BCUT2D eigenvalue weighted by molar-refractivity contribution is 0.397. The number of hydrogen-bond acceptors (Lipinski definition) is 2. The van der Waals surface area contributed by atoms with Gasteiger partial charge in [0.15, 0.2) is 0 Å². The van der Waals surface area contributed by atoms with Crippen molar-refractivity contribution in [2.45, 2.75) is 46.1 Å². The highest BCUT2D eigenvalue weighted by Gasteiger charge is 2.17. The first-order valence-corrected chi connectivity index (χ1v) is 7.41. The Kier molecular flexibility index (Phi) is 4.97. The summed E-state index contributed by atoms with van der Waals surface area (Å²) < 4.78 is 1.96. The van der Waals surface area contributed by atoms with E-state index in [1.165, 1.54) is 30.3 Å². The molecule has 2 atom stereocenters. The normalized spacial score (nSPS) is 14.7. The van der Waals surface area contributed by atoms with Crippen molar-refractivity contribution in [3.8, 4) is 0 Å². The first-order chi connectivity index (χ1) is 9.26. The maximum atomic E-state index is 4.45. The molecule has 0 amide bonds. The van der Waals surface area contributed by atoms with Crippen LogP contribution in [0, 0.1) is 5.92 Å². The van der Waals surface area contributed by atoms with Gasteiger partial charge in [-0.3, -0.25) is 0 Å². The number of nitrogens with zero attached hydrogens (tertiary/aromatic N) is 2. The zero-order valence-electron chi connectivity index (χ0n) is 12.3. The Morgan fingerprint density at radius 2 is 2.16 bits per heavy atom. The minimum atomic E-state index is 0.409. The molecule has 2 heterocycles. The quantitative estimate of drug-likeness (QED) is 0.819. The minimum Gasteiger partial charge on any atom is -0.310 e. The largest absolute Gasteiger partial charge is 0.310 e. The molecule has 2 unspecified atom stereocenters. The molecule has 0 fully saturated rings. The van der Waals surface area contributed by atoms with E-state index >= 15 is 0 Å². The first-order valence-electron chi connectivity index (χ1n) is 7.41. The van der Waals surface area contributed by atoms with Gasteiger partial charge in [-0.1, -0.05) is 39.7 Å². The molecule has 104 valence electrons. The van der Waals surface area contributed by atoms with Crippen molar-refractivity contribution in [3.05, 3.63) is 36.2 Å². The van der Waals surface area contributed by atoms with Crippen LogP contribution in [0.1, 0.15) is 51.6 Å². The highest BCUT2D eigenvalue weighted by Crippen LogP contribution is 2.26. The predicted molar refractivity (Wildman–Crippen MR) is 80.3 cm³/mol. The molecule has 0 radical (unpaired) electrons. The van der Waals surface area contributed by atoms with Gasteiger partial charge < -0.3 is 5.32 Å². The summed E-state index contributed by atoms with van der Waals surface area (Å²) in [5.74, 6) is 0.743. The van der Waals surface area contributed by atoms with Crippen LogP contribution < -0.4 is 5.32 Å². The molecule has 19 heavy (non-hydrogen) atoms. The van der Waals surface area contributed by atoms with E-state index in [0.717, 1.165) is 12.5 Å². The summed E-state index contributed by atoms with van der Waals surface area (Å²) in [5.41, 5.74) is 2.54.